The molecule has 0 atom stereocenters. The van der Waals surface area contributed by atoms with Gasteiger partial charge < -0.3 is 10.2 Å². The van der Waals surface area contributed by atoms with E-state index < -0.39 is 0 Å². The van der Waals surface area contributed by atoms with Crippen molar-refractivity contribution in [3.8, 4) is 0 Å². The summed E-state index contributed by atoms with van der Waals surface area (Å²) in [6.07, 6.45) is 0.207. The van der Waals surface area contributed by atoms with Crippen LogP contribution in [0, 0.1) is 0 Å². The first kappa shape index (κ1) is 19.0. The minimum atomic E-state index is -0.127. The van der Waals surface area contributed by atoms with E-state index in [1.807, 2.05) is 24.3 Å². The van der Waals surface area contributed by atoms with Crippen molar-refractivity contribution in [2.45, 2.75) is 33.1 Å². The van der Waals surface area contributed by atoms with E-state index in [9.17, 15) is 9.59 Å². The summed E-state index contributed by atoms with van der Waals surface area (Å²) < 4.78 is 0. The first-order chi connectivity index (χ1) is 11.9. The zero-order chi connectivity index (χ0) is 18.4. The minimum absolute atomic E-state index is 0.124. The van der Waals surface area contributed by atoms with Crippen LogP contribution in [0.5, 0.6) is 0 Å². The number of para-hydroxylation sites is 1. The maximum Gasteiger partial charge on any atom is 0.226 e. The van der Waals surface area contributed by atoms with Crippen LogP contribution in [-0.2, 0) is 9.59 Å². The fourth-order valence-corrected chi connectivity index (χ4v) is 2.84. The summed E-state index contributed by atoms with van der Waals surface area (Å²) >= 11 is 5.99. The van der Waals surface area contributed by atoms with Crippen molar-refractivity contribution >= 4 is 34.8 Å². The molecular formula is C20H23ClN2O2. The predicted octanol–water partition coefficient (Wildman–Crippen LogP) is 4.85. The maximum atomic E-state index is 12.3. The molecule has 1 N–H and O–H groups in total. The Morgan fingerprint density at radius 2 is 1.84 bits per heavy atom. The molecule has 5 heteroatoms. The van der Waals surface area contributed by atoms with Gasteiger partial charge in [-0.25, -0.2) is 0 Å². The van der Waals surface area contributed by atoms with Crippen molar-refractivity contribution in [1.82, 2.24) is 0 Å². The molecule has 0 heterocycles. The molecule has 2 aromatic carbocycles. The number of carbonyl (C=O) groups excluding carboxylic acids is 2. The molecule has 0 unspecified atom stereocenters. The van der Waals surface area contributed by atoms with Gasteiger partial charge in [0.2, 0.25) is 11.8 Å². The van der Waals surface area contributed by atoms with E-state index in [1.165, 1.54) is 6.92 Å². The summed E-state index contributed by atoms with van der Waals surface area (Å²) in [7, 11) is 0. The molecule has 0 saturated heterocycles. The quantitative estimate of drug-likeness (QED) is 0.802. The third-order valence-corrected chi connectivity index (χ3v) is 4.15. The topological polar surface area (TPSA) is 49.4 Å². The molecule has 0 aliphatic carbocycles. The second kappa shape index (κ2) is 8.67. The Morgan fingerprint density at radius 1 is 1.12 bits per heavy atom. The molecule has 0 spiro atoms. The Hall–Kier alpha value is -2.33. The van der Waals surface area contributed by atoms with Crippen molar-refractivity contribution in [3.63, 3.8) is 0 Å². The number of nitrogens with one attached hydrogen (secondary N) is 1. The van der Waals surface area contributed by atoms with Gasteiger partial charge in [0.15, 0.2) is 0 Å². The Labute approximate surface area is 153 Å². The van der Waals surface area contributed by atoms with Gasteiger partial charge in [-0.1, -0.05) is 49.7 Å². The SMILES string of the molecule is CC(=O)N(CCC(=O)Nc1ccccc1C(C)C)c1cccc(Cl)c1. The number of halogens is 1. The lowest BCUT2D eigenvalue weighted by Gasteiger charge is -2.21. The highest BCUT2D eigenvalue weighted by molar-refractivity contribution is 6.30. The van der Waals surface area contributed by atoms with E-state index in [0.29, 0.717) is 23.2 Å². The third-order valence-electron chi connectivity index (χ3n) is 3.92. The van der Waals surface area contributed by atoms with Gasteiger partial charge in [-0.2, -0.15) is 0 Å². The molecule has 0 aliphatic heterocycles. The van der Waals surface area contributed by atoms with Gasteiger partial charge >= 0.3 is 0 Å². The van der Waals surface area contributed by atoms with Crippen molar-refractivity contribution in [2.24, 2.45) is 0 Å². The fourth-order valence-electron chi connectivity index (χ4n) is 2.65. The molecule has 0 aliphatic rings. The summed E-state index contributed by atoms with van der Waals surface area (Å²) in [5.74, 6) is 0.0655. The van der Waals surface area contributed by atoms with E-state index in [4.69, 9.17) is 11.6 Å². The van der Waals surface area contributed by atoms with E-state index in [-0.39, 0.29) is 18.2 Å². The second-order valence-corrected chi connectivity index (χ2v) is 6.63. The molecule has 2 rings (SSSR count). The van der Waals surface area contributed by atoms with Crippen molar-refractivity contribution in [1.29, 1.82) is 0 Å². The molecular weight excluding hydrogens is 336 g/mol. The van der Waals surface area contributed by atoms with Crippen molar-refractivity contribution < 1.29 is 9.59 Å². The van der Waals surface area contributed by atoms with Crippen LogP contribution in [0.1, 0.15) is 38.7 Å². The van der Waals surface area contributed by atoms with Crippen LogP contribution < -0.4 is 10.2 Å². The number of anilines is 2. The number of rotatable bonds is 6. The molecule has 0 radical (unpaired) electrons. The largest absolute Gasteiger partial charge is 0.326 e. The Morgan fingerprint density at radius 3 is 2.48 bits per heavy atom. The zero-order valence-corrected chi connectivity index (χ0v) is 15.5. The molecule has 4 nitrogen and oxygen atoms in total. The summed E-state index contributed by atoms with van der Waals surface area (Å²) in [5, 5.41) is 3.50. The lowest BCUT2D eigenvalue weighted by Crippen LogP contribution is -2.32. The summed E-state index contributed by atoms with van der Waals surface area (Å²) in [6, 6.07) is 14.8. The summed E-state index contributed by atoms with van der Waals surface area (Å²) in [5.41, 5.74) is 2.60. The van der Waals surface area contributed by atoms with E-state index in [1.54, 1.807) is 29.2 Å². The molecule has 0 saturated carbocycles. The monoisotopic (exact) mass is 358 g/mol. The van der Waals surface area contributed by atoms with Gasteiger partial charge in [0.05, 0.1) is 0 Å². The Kier molecular flexibility index (Phi) is 6.59. The highest BCUT2D eigenvalue weighted by atomic mass is 35.5. The number of carbonyl (C=O) groups is 2. The molecule has 0 aromatic heterocycles. The molecule has 2 aromatic rings. The number of nitrogens with zero attached hydrogens (tertiary/aromatic N) is 1. The maximum absolute atomic E-state index is 12.3. The average Bonchev–Trinajstić information content (AvgIpc) is 2.55. The van der Waals surface area contributed by atoms with Crippen molar-refractivity contribution in [2.75, 3.05) is 16.8 Å². The molecule has 0 fully saturated rings. The predicted molar refractivity (Wildman–Crippen MR) is 103 cm³/mol. The smallest absolute Gasteiger partial charge is 0.226 e. The second-order valence-electron chi connectivity index (χ2n) is 6.19. The summed E-state index contributed by atoms with van der Waals surface area (Å²) in [4.78, 5) is 25.8. The van der Waals surface area contributed by atoms with Gasteiger partial charge in [0, 0.05) is 36.3 Å². The van der Waals surface area contributed by atoms with Crippen LogP contribution in [0.25, 0.3) is 0 Å². The van der Waals surface area contributed by atoms with Crippen LogP contribution >= 0.6 is 11.6 Å². The van der Waals surface area contributed by atoms with Gasteiger partial charge in [0.25, 0.3) is 0 Å². The highest BCUT2D eigenvalue weighted by Crippen LogP contribution is 2.24. The number of amides is 2. The normalized spacial score (nSPS) is 10.6. The van der Waals surface area contributed by atoms with Gasteiger partial charge in [0.1, 0.15) is 0 Å². The molecule has 0 bridgehead atoms. The molecule has 132 valence electrons. The fraction of sp³-hybridized carbons (Fsp3) is 0.300. The standard InChI is InChI=1S/C20H23ClN2O2/c1-14(2)18-9-4-5-10-19(18)22-20(25)11-12-23(15(3)24)17-8-6-7-16(21)13-17/h4-10,13-14H,11-12H2,1-3H3,(H,22,25). The van der Waals surface area contributed by atoms with Gasteiger partial charge in [-0.3, -0.25) is 9.59 Å². The highest BCUT2D eigenvalue weighted by Gasteiger charge is 2.15. The van der Waals surface area contributed by atoms with Gasteiger partial charge in [-0.05, 0) is 35.7 Å². The zero-order valence-electron chi connectivity index (χ0n) is 14.8. The minimum Gasteiger partial charge on any atom is -0.326 e. The van der Waals surface area contributed by atoms with Gasteiger partial charge in [-0.15, -0.1) is 0 Å². The molecule has 2 amide bonds. The van der Waals surface area contributed by atoms with Crippen LogP contribution in [0.3, 0.4) is 0 Å². The lowest BCUT2D eigenvalue weighted by atomic mass is 10.0. The van der Waals surface area contributed by atoms with Crippen LogP contribution in [0.4, 0.5) is 11.4 Å². The van der Waals surface area contributed by atoms with E-state index in [0.717, 1.165) is 11.3 Å². The number of benzene rings is 2. The van der Waals surface area contributed by atoms with E-state index >= 15 is 0 Å². The number of hydrogen-bond donors (Lipinski definition) is 1. The Bertz CT molecular complexity index is 759. The first-order valence-corrected chi connectivity index (χ1v) is 8.68. The van der Waals surface area contributed by atoms with E-state index in [2.05, 4.69) is 19.2 Å². The lowest BCUT2D eigenvalue weighted by molar-refractivity contribution is -0.117. The van der Waals surface area contributed by atoms with Crippen molar-refractivity contribution in [3.05, 3.63) is 59.1 Å². The van der Waals surface area contributed by atoms with Crippen LogP contribution in [0.15, 0.2) is 48.5 Å². The average molecular weight is 359 g/mol. The van der Waals surface area contributed by atoms with Crippen LogP contribution in [-0.4, -0.2) is 18.4 Å². The van der Waals surface area contributed by atoms with Crippen LogP contribution in [0.2, 0.25) is 5.02 Å². The Balaban J connectivity index is 2.04. The summed E-state index contributed by atoms with van der Waals surface area (Å²) in [6.45, 7) is 5.95. The number of hydrogen-bond acceptors (Lipinski definition) is 2. The molecule has 25 heavy (non-hydrogen) atoms. The first-order valence-electron chi connectivity index (χ1n) is 8.31. The third kappa shape index (κ3) is 5.33.